The summed E-state index contributed by atoms with van der Waals surface area (Å²) in [6.07, 6.45) is -4.51. The zero-order valence-electron chi connectivity index (χ0n) is 18.8. The predicted octanol–water partition coefficient (Wildman–Crippen LogP) is -0.882. The smallest absolute Gasteiger partial charge is 0.323 e. The average molecular weight is 458 g/mol. The Balaban J connectivity index is 1.56. The molecule has 3 heterocycles. The number of fused-ring (bicyclic) bond motifs is 1. The van der Waals surface area contributed by atoms with E-state index in [0.29, 0.717) is 5.71 Å². The van der Waals surface area contributed by atoms with E-state index in [1.807, 2.05) is 0 Å². The van der Waals surface area contributed by atoms with E-state index >= 15 is 4.39 Å². The fraction of sp³-hybridized carbons (Fsp3) is 0.789. The van der Waals surface area contributed by atoms with Crippen LogP contribution in [0, 0.1) is 0 Å². The van der Waals surface area contributed by atoms with Crippen molar-refractivity contribution in [3.63, 3.8) is 0 Å². The Labute approximate surface area is 185 Å². The van der Waals surface area contributed by atoms with Gasteiger partial charge in [-0.2, -0.15) is 4.99 Å². The third-order valence-corrected chi connectivity index (χ3v) is 5.34. The van der Waals surface area contributed by atoms with Crippen LogP contribution in [0.15, 0.2) is 15.0 Å². The Kier molecular flexibility index (Phi) is 7.45. The first-order valence-corrected chi connectivity index (χ1v) is 10.4. The Morgan fingerprint density at radius 2 is 2.19 bits per heavy atom. The SMILES string of the molecule is COC1=NC(N)=NC2C1=NCN2[C@@H]1O[C@H](COCN[C@@H](C)C(=O)OC(C)C)[C@@H](O)[C@@]1(C)F. The van der Waals surface area contributed by atoms with Crippen LogP contribution < -0.4 is 11.1 Å². The zero-order valence-corrected chi connectivity index (χ0v) is 18.8. The van der Waals surface area contributed by atoms with E-state index in [-0.39, 0.29) is 38.0 Å². The minimum atomic E-state index is -2.13. The summed E-state index contributed by atoms with van der Waals surface area (Å²) in [6.45, 7) is 6.37. The number of ether oxygens (including phenoxy) is 4. The van der Waals surface area contributed by atoms with Crippen molar-refractivity contribution in [3.05, 3.63) is 0 Å². The van der Waals surface area contributed by atoms with Crippen LogP contribution >= 0.6 is 0 Å². The third kappa shape index (κ3) is 4.91. The molecule has 0 aromatic heterocycles. The van der Waals surface area contributed by atoms with E-state index in [1.54, 1.807) is 25.7 Å². The number of aliphatic hydroxyl groups excluding tert-OH is 1. The highest BCUT2D eigenvalue weighted by molar-refractivity contribution is 6.43. The van der Waals surface area contributed by atoms with Crippen molar-refractivity contribution in [1.29, 1.82) is 0 Å². The van der Waals surface area contributed by atoms with Crippen LogP contribution in [0.4, 0.5) is 4.39 Å². The lowest BCUT2D eigenvalue weighted by atomic mass is 9.97. The summed E-state index contributed by atoms with van der Waals surface area (Å²) < 4.78 is 37.1. The molecule has 0 aliphatic carbocycles. The summed E-state index contributed by atoms with van der Waals surface area (Å²) in [5.41, 5.74) is 4.04. The summed E-state index contributed by atoms with van der Waals surface area (Å²) in [5, 5.41) is 13.4. The largest absolute Gasteiger partial charge is 0.480 e. The van der Waals surface area contributed by atoms with Gasteiger partial charge in [0.2, 0.25) is 11.9 Å². The number of rotatable bonds is 8. The highest BCUT2D eigenvalue weighted by Crippen LogP contribution is 2.39. The van der Waals surface area contributed by atoms with E-state index in [2.05, 4.69) is 20.3 Å². The van der Waals surface area contributed by atoms with Gasteiger partial charge in [0.1, 0.15) is 24.0 Å². The van der Waals surface area contributed by atoms with E-state index in [9.17, 15) is 9.90 Å². The number of guanidine groups is 1. The molecule has 32 heavy (non-hydrogen) atoms. The molecule has 3 aliphatic rings. The molecule has 1 fully saturated rings. The summed E-state index contributed by atoms with van der Waals surface area (Å²) in [6, 6.07) is -0.586. The second-order valence-electron chi connectivity index (χ2n) is 8.23. The number of methoxy groups -OCH3 is 1. The lowest BCUT2D eigenvalue weighted by Crippen LogP contribution is -2.54. The summed E-state index contributed by atoms with van der Waals surface area (Å²) in [5.74, 6) is -0.221. The molecule has 6 atom stereocenters. The van der Waals surface area contributed by atoms with E-state index in [0.717, 1.165) is 0 Å². The summed E-state index contributed by atoms with van der Waals surface area (Å²) in [4.78, 5) is 25.9. The molecule has 3 aliphatic heterocycles. The fourth-order valence-electron chi connectivity index (χ4n) is 3.65. The molecule has 12 nitrogen and oxygen atoms in total. The van der Waals surface area contributed by atoms with Crippen LogP contribution in [0.25, 0.3) is 0 Å². The third-order valence-electron chi connectivity index (χ3n) is 5.34. The Morgan fingerprint density at radius 1 is 1.47 bits per heavy atom. The van der Waals surface area contributed by atoms with E-state index in [1.165, 1.54) is 14.0 Å². The predicted molar refractivity (Wildman–Crippen MR) is 113 cm³/mol. The van der Waals surface area contributed by atoms with Crippen molar-refractivity contribution in [3.8, 4) is 0 Å². The molecular weight excluding hydrogens is 427 g/mol. The van der Waals surface area contributed by atoms with Gasteiger partial charge in [-0.1, -0.05) is 0 Å². The minimum Gasteiger partial charge on any atom is -0.480 e. The zero-order chi connectivity index (χ0) is 23.6. The number of esters is 1. The van der Waals surface area contributed by atoms with E-state index in [4.69, 9.17) is 24.7 Å². The van der Waals surface area contributed by atoms with Crippen LogP contribution in [0.2, 0.25) is 0 Å². The molecule has 1 saturated heterocycles. The second kappa shape index (κ2) is 9.75. The van der Waals surface area contributed by atoms with Crippen LogP contribution in [0.3, 0.4) is 0 Å². The molecule has 3 rings (SSSR count). The lowest BCUT2D eigenvalue weighted by molar-refractivity contribution is -0.150. The molecule has 1 unspecified atom stereocenters. The number of alkyl halides is 1. The van der Waals surface area contributed by atoms with Gasteiger partial charge in [-0.05, 0) is 27.7 Å². The number of nitrogens with one attached hydrogen (secondary N) is 1. The number of hydrogen-bond donors (Lipinski definition) is 3. The van der Waals surface area contributed by atoms with Crippen molar-refractivity contribution in [2.75, 3.05) is 27.1 Å². The normalized spacial score (nSPS) is 33.4. The number of carbonyl (C=O) groups excluding carboxylic acids is 1. The van der Waals surface area contributed by atoms with Gasteiger partial charge in [0.05, 0.1) is 33.2 Å². The molecule has 0 amide bonds. The number of halogens is 1. The number of nitrogens with two attached hydrogens (primary N) is 1. The standard InChI is InChI=1S/C19H31FN6O6/c1-9(2)31-16(28)10(3)23-8-30-6-11-13(27)19(4,20)17(32-11)26-7-22-12-14(26)24-18(21)25-15(12)29-5/h9-11,13-14,17,23,27H,6-8H2,1-5H3,(H2,21,24)/t10-,11+,13+,14?,17+,19+/m0/s1. The first-order chi connectivity index (χ1) is 15.1. The number of nitrogens with zero attached hydrogens (tertiary/aromatic N) is 4. The van der Waals surface area contributed by atoms with Crippen LogP contribution in [-0.2, 0) is 23.7 Å². The molecule has 13 heteroatoms. The van der Waals surface area contributed by atoms with Crippen LogP contribution in [0.5, 0.6) is 0 Å². The summed E-state index contributed by atoms with van der Waals surface area (Å²) >= 11 is 0. The Hall–Kier alpha value is -2.19. The average Bonchev–Trinajstić information content (AvgIpc) is 3.23. The minimum absolute atomic E-state index is 0.0112. The molecule has 0 aromatic carbocycles. The molecule has 0 saturated carbocycles. The highest BCUT2D eigenvalue weighted by Gasteiger charge is 2.58. The van der Waals surface area contributed by atoms with Crippen molar-refractivity contribution in [1.82, 2.24) is 10.2 Å². The maximum Gasteiger partial charge on any atom is 0.323 e. The van der Waals surface area contributed by atoms with Gasteiger partial charge in [-0.3, -0.25) is 15.1 Å². The fourth-order valence-corrected chi connectivity index (χ4v) is 3.65. The molecule has 4 N–H and O–H groups in total. The monoisotopic (exact) mass is 458 g/mol. The topological polar surface area (TPSA) is 153 Å². The molecule has 0 bridgehead atoms. The maximum atomic E-state index is 15.5. The molecule has 0 radical (unpaired) electrons. The van der Waals surface area contributed by atoms with Gasteiger partial charge in [0, 0.05) is 0 Å². The maximum absolute atomic E-state index is 15.5. The van der Waals surface area contributed by atoms with Gasteiger partial charge < -0.3 is 29.8 Å². The van der Waals surface area contributed by atoms with Gasteiger partial charge in [-0.15, -0.1) is 0 Å². The first kappa shape index (κ1) is 24.5. The van der Waals surface area contributed by atoms with Gasteiger partial charge in [0.25, 0.3) is 0 Å². The van der Waals surface area contributed by atoms with Gasteiger partial charge in [-0.25, -0.2) is 14.3 Å². The molecule has 180 valence electrons. The van der Waals surface area contributed by atoms with Crippen molar-refractivity contribution in [2.24, 2.45) is 20.7 Å². The van der Waals surface area contributed by atoms with Gasteiger partial charge >= 0.3 is 5.97 Å². The Bertz CT molecular complexity index is 803. The Morgan fingerprint density at radius 3 is 2.84 bits per heavy atom. The number of hydrogen-bond acceptors (Lipinski definition) is 12. The quantitative estimate of drug-likeness (QED) is 0.239. The lowest BCUT2D eigenvalue weighted by Gasteiger charge is -2.34. The molecule has 0 aromatic rings. The number of aliphatic imine (C=N–C) groups is 3. The first-order valence-electron chi connectivity index (χ1n) is 10.4. The summed E-state index contributed by atoms with van der Waals surface area (Å²) in [7, 11) is 1.43. The van der Waals surface area contributed by atoms with Crippen molar-refractivity contribution in [2.45, 2.75) is 70.1 Å². The van der Waals surface area contributed by atoms with E-state index < -0.39 is 42.3 Å². The van der Waals surface area contributed by atoms with Crippen molar-refractivity contribution < 1.29 is 33.2 Å². The molecular formula is C19H31FN6O6. The second-order valence-corrected chi connectivity index (χ2v) is 8.23. The van der Waals surface area contributed by atoms with Gasteiger partial charge in [0.15, 0.2) is 18.1 Å². The number of aliphatic hydroxyl groups is 1. The van der Waals surface area contributed by atoms with Crippen LogP contribution in [0.1, 0.15) is 27.7 Å². The highest BCUT2D eigenvalue weighted by atomic mass is 19.1. The number of carbonyl (C=O) groups is 1. The van der Waals surface area contributed by atoms with Crippen LogP contribution in [-0.4, -0.2) is 103 Å². The van der Waals surface area contributed by atoms with Crippen molar-refractivity contribution >= 4 is 23.5 Å². The molecule has 0 spiro atoms.